The molecule has 0 amide bonds. The molecule has 4 nitrogen and oxygen atoms in total. The average Bonchev–Trinajstić information content (AvgIpc) is 2.63. The van der Waals surface area contributed by atoms with E-state index >= 15 is 0 Å². The van der Waals surface area contributed by atoms with Gasteiger partial charge in [0.15, 0.2) is 5.96 Å². The van der Waals surface area contributed by atoms with Crippen LogP contribution in [0.1, 0.15) is 40.0 Å². The maximum atomic E-state index is 5.75. The van der Waals surface area contributed by atoms with E-state index in [-0.39, 0.29) is 0 Å². The SMILES string of the molecule is CC1CN=C(NCCC2CC(C)OC(C)C2)N1. The van der Waals surface area contributed by atoms with Gasteiger partial charge in [-0.05, 0) is 46.0 Å². The molecule has 0 aliphatic carbocycles. The van der Waals surface area contributed by atoms with Gasteiger partial charge in [-0.1, -0.05) is 0 Å². The molecule has 2 aliphatic heterocycles. The third-order valence-electron chi connectivity index (χ3n) is 3.55. The van der Waals surface area contributed by atoms with Crippen molar-refractivity contribution in [3.8, 4) is 0 Å². The van der Waals surface area contributed by atoms with Crippen molar-refractivity contribution in [3.63, 3.8) is 0 Å². The van der Waals surface area contributed by atoms with E-state index in [1.165, 1.54) is 19.3 Å². The fourth-order valence-electron chi connectivity index (χ4n) is 2.83. The standard InChI is InChI=1S/C13H25N3O/c1-9-8-15-13(16-9)14-5-4-12-6-10(2)17-11(3)7-12/h9-12H,4-8H2,1-3H3,(H2,14,15,16). The highest BCUT2D eigenvalue weighted by Gasteiger charge is 2.24. The van der Waals surface area contributed by atoms with Crippen molar-refractivity contribution in [1.82, 2.24) is 10.6 Å². The highest BCUT2D eigenvalue weighted by Crippen LogP contribution is 2.26. The van der Waals surface area contributed by atoms with Crippen molar-refractivity contribution in [3.05, 3.63) is 0 Å². The van der Waals surface area contributed by atoms with Crippen LogP contribution in [0.25, 0.3) is 0 Å². The van der Waals surface area contributed by atoms with Crippen LogP contribution in [-0.2, 0) is 4.74 Å². The minimum absolute atomic E-state index is 0.422. The number of hydrogen-bond acceptors (Lipinski definition) is 4. The zero-order chi connectivity index (χ0) is 12.3. The molecule has 0 saturated carbocycles. The summed E-state index contributed by atoms with van der Waals surface area (Å²) >= 11 is 0. The second-order valence-electron chi connectivity index (χ2n) is 5.54. The Morgan fingerprint density at radius 3 is 2.59 bits per heavy atom. The van der Waals surface area contributed by atoms with Gasteiger partial charge in [-0.2, -0.15) is 0 Å². The number of nitrogens with zero attached hydrogens (tertiary/aromatic N) is 1. The molecule has 17 heavy (non-hydrogen) atoms. The van der Waals surface area contributed by atoms with Gasteiger partial charge < -0.3 is 15.4 Å². The molecule has 3 atom stereocenters. The molecule has 3 unspecified atom stereocenters. The molecule has 0 spiro atoms. The first-order valence-corrected chi connectivity index (χ1v) is 6.84. The van der Waals surface area contributed by atoms with E-state index in [0.29, 0.717) is 18.2 Å². The van der Waals surface area contributed by atoms with Crippen LogP contribution in [0, 0.1) is 5.92 Å². The summed E-state index contributed by atoms with van der Waals surface area (Å²) in [6.07, 6.45) is 4.45. The molecular formula is C13H25N3O. The molecule has 4 heteroatoms. The summed E-state index contributed by atoms with van der Waals surface area (Å²) < 4.78 is 5.75. The molecule has 2 aliphatic rings. The zero-order valence-corrected chi connectivity index (χ0v) is 11.2. The lowest BCUT2D eigenvalue weighted by Gasteiger charge is -2.32. The van der Waals surface area contributed by atoms with E-state index in [9.17, 15) is 0 Å². The highest BCUT2D eigenvalue weighted by molar-refractivity contribution is 5.81. The normalized spacial score (nSPS) is 37.5. The van der Waals surface area contributed by atoms with Gasteiger partial charge in [-0.15, -0.1) is 0 Å². The second-order valence-corrected chi connectivity index (χ2v) is 5.54. The number of aliphatic imine (C=N–C) groups is 1. The third-order valence-corrected chi connectivity index (χ3v) is 3.55. The van der Waals surface area contributed by atoms with Crippen molar-refractivity contribution < 1.29 is 4.74 Å². The monoisotopic (exact) mass is 239 g/mol. The first-order valence-electron chi connectivity index (χ1n) is 6.84. The molecule has 0 aromatic rings. The summed E-state index contributed by atoms with van der Waals surface area (Å²) in [6, 6.07) is 0.487. The third kappa shape index (κ3) is 3.87. The maximum Gasteiger partial charge on any atom is 0.191 e. The van der Waals surface area contributed by atoms with E-state index in [0.717, 1.165) is 25.0 Å². The molecule has 2 heterocycles. The molecule has 1 saturated heterocycles. The van der Waals surface area contributed by atoms with Gasteiger partial charge in [-0.25, -0.2) is 0 Å². The Balaban J connectivity index is 1.65. The lowest BCUT2D eigenvalue weighted by molar-refractivity contribution is -0.0530. The second kappa shape index (κ2) is 5.71. The lowest BCUT2D eigenvalue weighted by Crippen LogP contribution is -2.39. The minimum atomic E-state index is 0.422. The van der Waals surface area contributed by atoms with Gasteiger partial charge in [0.05, 0.1) is 18.8 Å². The van der Waals surface area contributed by atoms with Crippen LogP contribution in [0.3, 0.4) is 0 Å². The first kappa shape index (κ1) is 12.7. The number of hydrogen-bond donors (Lipinski definition) is 2. The topological polar surface area (TPSA) is 45.7 Å². The van der Waals surface area contributed by atoms with Crippen molar-refractivity contribution >= 4 is 5.96 Å². The van der Waals surface area contributed by atoms with E-state index in [1.807, 2.05) is 0 Å². The maximum absolute atomic E-state index is 5.75. The molecule has 1 fully saturated rings. The molecular weight excluding hydrogens is 214 g/mol. The van der Waals surface area contributed by atoms with E-state index in [4.69, 9.17) is 4.74 Å². The summed E-state index contributed by atoms with van der Waals surface area (Å²) in [5.41, 5.74) is 0. The van der Waals surface area contributed by atoms with E-state index in [1.54, 1.807) is 0 Å². The van der Waals surface area contributed by atoms with Crippen molar-refractivity contribution in [2.45, 2.75) is 58.3 Å². The molecule has 0 aromatic carbocycles. The Hall–Kier alpha value is -0.770. The molecule has 0 radical (unpaired) electrons. The van der Waals surface area contributed by atoms with Gasteiger partial charge in [0.1, 0.15) is 0 Å². The van der Waals surface area contributed by atoms with Crippen LogP contribution < -0.4 is 10.6 Å². The van der Waals surface area contributed by atoms with Crippen molar-refractivity contribution in [2.75, 3.05) is 13.1 Å². The minimum Gasteiger partial charge on any atom is -0.376 e. The molecule has 2 N–H and O–H groups in total. The summed E-state index contributed by atoms with van der Waals surface area (Å²) in [5, 5.41) is 6.71. The van der Waals surface area contributed by atoms with Crippen LogP contribution in [0.2, 0.25) is 0 Å². The van der Waals surface area contributed by atoms with Crippen LogP contribution in [0.15, 0.2) is 4.99 Å². The Bertz CT molecular complexity index is 270. The smallest absolute Gasteiger partial charge is 0.191 e. The Morgan fingerprint density at radius 2 is 2.00 bits per heavy atom. The van der Waals surface area contributed by atoms with E-state index < -0.39 is 0 Å². The fraction of sp³-hybridized carbons (Fsp3) is 0.923. The predicted octanol–water partition coefficient (Wildman–Crippen LogP) is 1.52. The van der Waals surface area contributed by atoms with Gasteiger partial charge in [-0.3, -0.25) is 4.99 Å². The van der Waals surface area contributed by atoms with Gasteiger partial charge in [0, 0.05) is 12.6 Å². The van der Waals surface area contributed by atoms with Crippen LogP contribution in [0.5, 0.6) is 0 Å². The van der Waals surface area contributed by atoms with Gasteiger partial charge in [0.25, 0.3) is 0 Å². The number of ether oxygens (including phenoxy) is 1. The first-order chi connectivity index (χ1) is 8.13. The molecule has 98 valence electrons. The Labute approximate surface area is 104 Å². The summed E-state index contributed by atoms with van der Waals surface area (Å²) in [7, 11) is 0. The summed E-state index contributed by atoms with van der Waals surface area (Å²) in [4.78, 5) is 4.40. The predicted molar refractivity (Wildman–Crippen MR) is 70.3 cm³/mol. The zero-order valence-electron chi connectivity index (χ0n) is 11.2. The number of guanidine groups is 1. The van der Waals surface area contributed by atoms with Crippen molar-refractivity contribution in [2.24, 2.45) is 10.9 Å². The van der Waals surface area contributed by atoms with Crippen molar-refractivity contribution in [1.29, 1.82) is 0 Å². The van der Waals surface area contributed by atoms with Gasteiger partial charge in [0.2, 0.25) is 0 Å². The number of nitrogens with one attached hydrogen (secondary N) is 2. The average molecular weight is 239 g/mol. The van der Waals surface area contributed by atoms with Crippen LogP contribution >= 0.6 is 0 Å². The van der Waals surface area contributed by atoms with Gasteiger partial charge >= 0.3 is 0 Å². The van der Waals surface area contributed by atoms with E-state index in [2.05, 4.69) is 36.4 Å². The van der Waals surface area contributed by atoms with Crippen LogP contribution in [0.4, 0.5) is 0 Å². The Morgan fingerprint density at radius 1 is 1.29 bits per heavy atom. The molecule has 2 rings (SSSR count). The Kier molecular flexibility index (Phi) is 4.26. The molecule has 0 aromatic heterocycles. The number of rotatable bonds is 3. The highest BCUT2D eigenvalue weighted by atomic mass is 16.5. The molecule has 0 bridgehead atoms. The fourth-order valence-corrected chi connectivity index (χ4v) is 2.83. The summed E-state index contributed by atoms with van der Waals surface area (Å²) in [6.45, 7) is 8.43. The largest absolute Gasteiger partial charge is 0.376 e. The summed E-state index contributed by atoms with van der Waals surface area (Å²) in [5.74, 6) is 1.77. The quantitative estimate of drug-likeness (QED) is 0.785. The van der Waals surface area contributed by atoms with Crippen LogP contribution in [-0.4, -0.2) is 37.3 Å². The lowest BCUT2D eigenvalue weighted by atomic mass is 9.90.